The summed E-state index contributed by atoms with van der Waals surface area (Å²) in [5, 5.41) is 0. The van der Waals surface area contributed by atoms with Crippen LogP contribution in [-0.4, -0.2) is 49.8 Å². The number of hydrogen-bond acceptors (Lipinski definition) is 3. The zero-order valence-electron chi connectivity index (χ0n) is 8.46. The number of carbonyl (C=O) groups is 1. The van der Waals surface area contributed by atoms with Gasteiger partial charge >= 0.3 is 5.97 Å². The van der Waals surface area contributed by atoms with Crippen LogP contribution in [-0.2, 0) is 9.53 Å². The first-order valence-electron chi connectivity index (χ1n) is 3.85. The molecular formula is C8H18NO2S+. The summed E-state index contributed by atoms with van der Waals surface area (Å²) in [5.41, 5.74) is -0.0255. The van der Waals surface area contributed by atoms with Gasteiger partial charge in [-0.05, 0) is 6.26 Å². The van der Waals surface area contributed by atoms with Crippen LogP contribution in [0.5, 0.6) is 0 Å². The highest BCUT2D eigenvalue weighted by Gasteiger charge is 2.19. The van der Waals surface area contributed by atoms with E-state index in [-0.39, 0.29) is 11.4 Å². The van der Waals surface area contributed by atoms with Crippen molar-refractivity contribution in [3.8, 4) is 0 Å². The highest BCUT2D eigenvalue weighted by molar-refractivity contribution is 7.99. The zero-order valence-corrected chi connectivity index (χ0v) is 9.27. The molecule has 0 aromatic rings. The van der Waals surface area contributed by atoms with Crippen molar-refractivity contribution in [3.05, 3.63) is 0 Å². The van der Waals surface area contributed by atoms with Crippen LogP contribution >= 0.6 is 11.8 Å². The number of ether oxygens (including phenoxy) is 1. The first-order chi connectivity index (χ1) is 5.35. The Morgan fingerprint density at radius 3 is 2.25 bits per heavy atom. The molecule has 0 bridgehead atoms. The number of rotatable bonds is 4. The van der Waals surface area contributed by atoms with E-state index in [0.29, 0.717) is 0 Å². The van der Waals surface area contributed by atoms with Gasteiger partial charge < -0.3 is 9.22 Å². The average Bonchev–Trinajstić information content (AvgIpc) is 1.82. The molecular weight excluding hydrogens is 174 g/mol. The van der Waals surface area contributed by atoms with Crippen molar-refractivity contribution in [3.63, 3.8) is 0 Å². The molecule has 0 aliphatic rings. The van der Waals surface area contributed by atoms with Crippen LogP contribution in [0.4, 0.5) is 0 Å². The minimum absolute atomic E-state index is 0.0255. The van der Waals surface area contributed by atoms with Crippen LogP contribution in [0.1, 0.15) is 6.92 Å². The lowest BCUT2D eigenvalue weighted by Gasteiger charge is -2.27. The SMILES string of the molecule is CS[C@H](C[N+](C)(C)C)OC(C)=O. The number of esters is 1. The summed E-state index contributed by atoms with van der Waals surface area (Å²) in [7, 11) is 6.23. The maximum absolute atomic E-state index is 10.7. The predicted octanol–water partition coefficient (Wildman–Crippen LogP) is 0.945. The van der Waals surface area contributed by atoms with Gasteiger partial charge in [0.05, 0.1) is 21.1 Å². The van der Waals surface area contributed by atoms with Gasteiger partial charge in [-0.25, -0.2) is 0 Å². The second-order valence-corrected chi connectivity index (χ2v) is 4.74. The molecule has 1 atom stereocenters. The summed E-state index contributed by atoms with van der Waals surface area (Å²) in [6, 6.07) is 0. The van der Waals surface area contributed by atoms with E-state index in [2.05, 4.69) is 21.1 Å². The first-order valence-corrected chi connectivity index (χ1v) is 5.14. The third-order valence-corrected chi connectivity index (χ3v) is 2.03. The van der Waals surface area contributed by atoms with Gasteiger partial charge in [-0.15, -0.1) is 11.8 Å². The van der Waals surface area contributed by atoms with Crippen molar-refractivity contribution in [2.24, 2.45) is 0 Å². The molecule has 0 N–H and O–H groups in total. The molecule has 0 radical (unpaired) electrons. The van der Waals surface area contributed by atoms with Gasteiger partial charge in [0.2, 0.25) is 0 Å². The maximum Gasteiger partial charge on any atom is 0.303 e. The van der Waals surface area contributed by atoms with E-state index in [1.165, 1.54) is 6.92 Å². The van der Waals surface area contributed by atoms with Gasteiger partial charge in [0, 0.05) is 6.92 Å². The molecule has 0 saturated carbocycles. The third kappa shape index (κ3) is 6.49. The van der Waals surface area contributed by atoms with Crippen molar-refractivity contribution in [2.45, 2.75) is 12.4 Å². The van der Waals surface area contributed by atoms with Gasteiger partial charge in [-0.2, -0.15) is 0 Å². The molecule has 0 heterocycles. The summed E-state index contributed by atoms with van der Waals surface area (Å²) < 4.78 is 5.89. The normalized spacial score (nSPS) is 14.1. The van der Waals surface area contributed by atoms with Crippen molar-refractivity contribution < 1.29 is 14.0 Å². The monoisotopic (exact) mass is 192 g/mol. The molecule has 0 saturated heterocycles. The van der Waals surface area contributed by atoms with Crippen LogP contribution in [0.2, 0.25) is 0 Å². The third-order valence-electron chi connectivity index (χ3n) is 1.26. The van der Waals surface area contributed by atoms with E-state index in [1.54, 1.807) is 11.8 Å². The van der Waals surface area contributed by atoms with Gasteiger partial charge in [-0.1, -0.05) is 0 Å². The Balaban J connectivity index is 3.92. The molecule has 12 heavy (non-hydrogen) atoms. The Hall–Kier alpha value is -0.220. The molecule has 0 rings (SSSR count). The summed E-state index contributed by atoms with van der Waals surface area (Å²) in [6.07, 6.45) is 1.95. The van der Waals surface area contributed by atoms with Crippen molar-refractivity contribution in [1.29, 1.82) is 0 Å². The van der Waals surface area contributed by atoms with Crippen LogP contribution in [0, 0.1) is 0 Å². The lowest BCUT2D eigenvalue weighted by Crippen LogP contribution is -2.41. The van der Waals surface area contributed by atoms with E-state index in [4.69, 9.17) is 4.74 Å². The molecule has 0 aromatic heterocycles. The number of nitrogens with zero attached hydrogens (tertiary/aromatic N) is 1. The highest BCUT2D eigenvalue weighted by Crippen LogP contribution is 2.11. The molecule has 0 unspecified atom stereocenters. The molecule has 0 aliphatic heterocycles. The largest absolute Gasteiger partial charge is 0.445 e. The number of likely N-dealkylation sites (N-methyl/N-ethyl adjacent to an activating group) is 1. The quantitative estimate of drug-likeness (QED) is 0.377. The summed E-state index contributed by atoms with van der Waals surface area (Å²) in [5.74, 6) is -0.206. The van der Waals surface area contributed by atoms with Crippen molar-refractivity contribution >= 4 is 17.7 Å². The number of carbonyl (C=O) groups excluding carboxylic acids is 1. The molecule has 0 fully saturated rings. The lowest BCUT2D eigenvalue weighted by atomic mass is 10.5. The van der Waals surface area contributed by atoms with Crippen molar-refractivity contribution in [1.82, 2.24) is 0 Å². The Kier molecular flexibility index (Phi) is 4.63. The van der Waals surface area contributed by atoms with Gasteiger partial charge in [-0.3, -0.25) is 4.79 Å². The van der Waals surface area contributed by atoms with Crippen molar-refractivity contribution in [2.75, 3.05) is 33.9 Å². The van der Waals surface area contributed by atoms with E-state index in [9.17, 15) is 4.79 Å². The Morgan fingerprint density at radius 2 is 2.00 bits per heavy atom. The van der Waals surface area contributed by atoms with E-state index in [1.807, 2.05) is 6.26 Å². The fraction of sp³-hybridized carbons (Fsp3) is 0.875. The lowest BCUT2D eigenvalue weighted by molar-refractivity contribution is -0.871. The van der Waals surface area contributed by atoms with Gasteiger partial charge in [0.25, 0.3) is 0 Å². The minimum atomic E-state index is -0.206. The zero-order chi connectivity index (χ0) is 9.78. The second kappa shape index (κ2) is 4.72. The van der Waals surface area contributed by atoms with Gasteiger partial charge in [0.1, 0.15) is 6.54 Å². The summed E-state index contributed by atoms with van der Waals surface area (Å²) in [6.45, 7) is 2.28. The van der Waals surface area contributed by atoms with Crippen LogP contribution in [0.3, 0.4) is 0 Å². The van der Waals surface area contributed by atoms with Crippen LogP contribution in [0.15, 0.2) is 0 Å². The second-order valence-electron chi connectivity index (χ2n) is 3.75. The van der Waals surface area contributed by atoms with E-state index < -0.39 is 0 Å². The first kappa shape index (κ1) is 11.8. The molecule has 3 nitrogen and oxygen atoms in total. The topological polar surface area (TPSA) is 26.3 Å². The Labute approximate surface area is 78.7 Å². The van der Waals surface area contributed by atoms with Gasteiger partial charge in [0.15, 0.2) is 5.44 Å². The molecule has 0 aromatic carbocycles. The summed E-state index contributed by atoms with van der Waals surface area (Å²) in [4.78, 5) is 10.7. The molecule has 0 aliphatic carbocycles. The standard InChI is InChI=1S/C8H18NO2S/c1-7(10)11-8(12-5)6-9(2,3)4/h8H,6H2,1-5H3/q+1/t8-/m1/s1. The minimum Gasteiger partial charge on any atom is -0.445 e. The number of quaternary nitrogens is 1. The molecule has 0 spiro atoms. The van der Waals surface area contributed by atoms with E-state index >= 15 is 0 Å². The van der Waals surface area contributed by atoms with E-state index in [0.717, 1.165) is 11.0 Å². The fourth-order valence-corrected chi connectivity index (χ4v) is 1.62. The van der Waals surface area contributed by atoms with Crippen LogP contribution in [0.25, 0.3) is 0 Å². The Bertz CT molecular complexity index is 154. The molecule has 4 heteroatoms. The smallest absolute Gasteiger partial charge is 0.303 e. The molecule has 0 amide bonds. The predicted molar refractivity (Wildman–Crippen MR) is 52.0 cm³/mol. The fourth-order valence-electron chi connectivity index (χ4n) is 0.792. The summed E-state index contributed by atoms with van der Waals surface area (Å²) >= 11 is 1.57. The highest BCUT2D eigenvalue weighted by atomic mass is 32.2. The van der Waals surface area contributed by atoms with Crippen LogP contribution < -0.4 is 0 Å². The number of hydrogen-bond donors (Lipinski definition) is 0. The maximum atomic E-state index is 10.7. The number of thioether (sulfide) groups is 1. The molecule has 72 valence electrons. The average molecular weight is 192 g/mol. The Morgan fingerprint density at radius 1 is 1.50 bits per heavy atom.